The molecular weight excluding hydrogens is 703 g/mol. The first-order valence-corrected chi connectivity index (χ1v) is 21.6. The lowest BCUT2D eigenvalue weighted by Crippen LogP contribution is -2.10. The molecule has 57 heavy (non-hydrogen) atoms. The van der Waals surface area contributed by atoms with Gasteiger partial charge in [0.25, 0.3) is 0 Å². The minimum Gasteiger partial charge on any atom is -0.381 e. The fraction of sp³-hybridized carbons (Fsp3) is 0.440. The third-order valence-corrected chi connectivity index (χ3v) is 10.6. The summed E-state index contributed by atoms with van der Waals surface area (Å²) < 4.78 is 11.8. The molecule has 0 radical (unpaired) electrons. The number of hydrogen-bond donors (Lipinski definition) is 1. The fourth-order valence-electron chi connectivity index (χ4n) is 6.82. The van der Waals surface area contributed by atoms with E-state index >= 15 is 0 Å². The van der Waals surface area contributed by atoms with Gasteiger partial charge in [0.05, 0.1) is 11.4 Å². The average molecular weight is 768 g/mol. The van der Waals surface area contributed by atoms with Gasteiger partial charge in [0, 0.05) is 86.2 Å². The Morgan fingerprint density at radius 1 is 0.509 bits per heavy atom. The molecule has 2 atom stereocenters. The number of H-pyrrole nitrogens is 1. The lowest BCUT2D eigenvalue weighted by Gasteiger charge is -2.14. The maximum atomic E-state index is 5.91. The Morgan fingerprint density at radius 3 is 1.30 bits per heavy atom. The topological polar surface area (TPSA) is 83.7 Å². The summed E-state index contributed by atoms with van der Waals surface area (Å²) in [5.41, 5.74) is 8.23. The molecule has 0 aliphatic heterocycles. The molecule has 0 aliphatic carbocycles. The summed E-state index contributed by atoms with van der Waals surface area (Å²) in [6.45, 7) is 13.9. The quantitative estimate of drug-likeness (QED) is 0.0449. The highest BCUT2D eigenvalue weighted by Gasteiger charge is 2.08. The Kier molecular flexibility index (Phi) is 18.9. The number of aliphatic imine (C=N–C) groups is 4. The summed E-state index contributed by atoms with van der Waals surface area (Å²) in [7, 11) is 0. The molecule has 0 spiro atoms. The molecule has 0 aliphatic rings. The summed E-state index contributed by atoms with van der Waals surface area (Å²) in [4.78, 5) is 22.4. The van der Waals surface area contributed by atoms with Crippen LogP contribution in [0, 0.1) is 11.8 Å². The molecule has 302 valence electrons. The number of nitrogens with zero attached hydrogens (tertiary/aromatic N) is 4. The molecule has 0 saturated carbocycles. The van der Waals surface area contributed by atoms with Crippen molar-refractivity contribution < 1.29 is 9.47 Å². The van der Waals surface area contributed by atoms with Crippen LogP contribution in [-0.4, -0.2) is 69.4 Å². The van der Waals surface area contributed by atoms with Crippen LogP contribution in [0.25, 0.3) is 21.8 Å². The van der Waals surface area contributed by atoms with Gasteiger partial charge < -0.3 is 14.5 Å². The smallest absolute Gasteiger partial charge is 0.0637 e. The van der Waals surface area contributed by atoms with E-state index in [0.717, 1.165) is 108 Å². The number of fused-ring (bicyclic) bond motifs is 3. The predicted octanol–water partition coefficient (Wildman–Crippen LogP) is 12.9. The summed E-state index contributed by atoms with van der Waals surface area (Å²) in [6, 6.07) is 29.3. The molecule has 1 N–H and O–H groups in total. The first-order valence-electron chi connectivity index (χ1n) is 21.6. The van der Waals surface area contributed by atoms with E-state index < -0.39 is 0 Å². The molecule has 0 amide bonds. The number of benzene rings is 4. The van der Waals surface area contributed by atoms with Crippen molar-refractivity contribution >= 4 is 58.0 Å². The van der Waals surface area contributed by atoms with Crippen molar-refractivity contribution in [2.45, 2.75) is 91.9 Å². The van der Waals surface area contributed by atoms with Crippen molar-refractivity contribution in [3.05, 3.63) is 107 Å². The van der Waals surface area contributed by atoms with Crippen LogP contribution in [0.2, 0.25) is 0 Å². The Bertz CT molecular complexity index is 1870. The van der Waals surface area contributed by atoms with Crippen molar-refractivity contribution in [3.8, 4) is 0 Å². The van der Waals surface area contributed by atoms with Crippen molar-refractivity contribution in [1.29, 1.82) is 0 Å². The monoisotopic (exact) mass is 768 g/mol. The second-order valence-corrected chi connectivity index (χ2v) is 15.2. The average Bonchev–Trinajstić information content (AvgIpc) is 3.61. The third kappa shape index (κ3) is 14.9. The lowest BCUT2D eigenvalue weighted by molar-refractivity contribution is 0.0933. The van der Waals surface area contributed by atoms with E-state index in [1.807, 2.05) is 37.0 Å². The highest BCUT2D eigenvalue weighted by Crippen LogP contribution is 2.31. The van der Waals surface area contributed by atoms with Gasteiger partial charge in [0.1, 0.15) is 0 Å². The van der Waals surface area contributed by atoms with E-state index in [1.54, 1.807) is 0 Å². The van der Waals surface area contributed by atoms with Gasteiger partial charge in [-0.1, -0.05) is 115 Å². The van der Waals surface area contributed by atoms with Crippen LogP contribution in [0.4, 0.5) is 11.4 Å². The van der Waals surface area contributed by atoms with Crippen LogP contribution in [0.15, 0.2) is 105 Å². The first kappa shape index (κ1) is 43.4. The second kappa shape index (κ2) is 24.8. The van der Waals surface area contributed by atoms with E-state index in [9.17, 15) is 0 Å². The maximum Gasteiger partial charge on any atom is 0.0637 e. The predicted molar refractivity (Wildman–Crippen MR) is 246 cm³/mol. The van der Waals surface area contributed by atoms with Crippen molar-refractivity contribution in [2.24, 2.45) is 31.8 Å². The highest BCUT2D eigenvalue weighted by molar-refractivity contribution is 6.09. The Balaban J connectivity index is 1.08. The Morgan fingerprint density at radius 2 is 0.912 bits per heavy atom. The van der Waals surface area contributed by atoms with Gasteiger partial charge in [-0.3, -0.25) is 20.0 Å². The fourth-order valence-corrected chi connectivity index (χ4v) is 6.82. The minimum absolute atomic E-state index is 0.688. The molecule has 0 fully saturated rings. The number of hydrogen-bond acceptors (Lipinski definition) is 6. The molecule has 2 unspecified atom stereocenters. The van der Waals surface area contributed by atoms with Crippen LogP contribution in [0.1, 0.15) is 114 Å². The molecular formula is C50H65N5O2. The lowest BCUT2D eigenvalue weighted by atomic mass is 10.0. The van der Waals surface area contributed by atoms with Gasteiger partial charge in [0.15, 0.2) is 0 Å². The summed E-state index contributed by atoms with van der Waals surface area (Å²) >= 11 is 0. The number of rotatable bonds is 26. The molecule has 0 bridgehead atoms. The van der Waals surface area contributed by atoms with Crippen molar-refractivity contribution in [1.82, 2.24) is 4.98 Å². The zero-order valence-corrected chi connectivity index (χ0v) is 35.0. The number of aromatic amines is 1. The maximum absolute atomic E-state index is 5.91. The van der Waals surface area contributed by atoms with E-state index in [2.05, 4.69) is 115 Å². The van der Waals surface area contributed by atoms with Crippen LogP contribution < -0.4 is 0 Å². The summed E-state index contributed by atoms with van der Waals surface area (Å²) in [5, 5.41) is 2.25. The standard InChI is InChI=1S/C50H65N5O2/c1-5-9-13-39(7-3)37-56-29-11-27-51-33-41-15-19-43(20-16-41)35-53-45-23-25-49-47(31-45)48-32-46(24-26-50(48)55-49)54-36-44-21-17-42(18-22-44)34-52-28-12-30-57-38-40(8-4)14-10-6-2/h15-26,31-36,39-40,55H,5-14,27-30,37-38H2,1-4H3. The number of unbranched alkanes of at least 4 members (excludes halogenated alkanes) is 2. The largest absolute Gasteiger partial charge is 0.381 e. The molecule has 7 nitrogen and oxygen atoms in total. The molecule has 5 aromatic rings. The van der Waals surface area contributed by atoms with Crippen molar-refractivity contribution in [3.63, 3.8) is 0 Å². The van der Waals surface area contributed by atoms with Gasteiger partial charge in [-0.15, -0.1) is 0 Å². The van der Waals surface area contributed by atoms with E-state index in [-0.39, 0.29) is 0 Å². The van der Waals surface area contributed by atoms with E-state index in [0.29, 0.717) is 11.8 Å². The van der Waals surface area contributed by atoms with Gasteiger partial charge in [-0.25, -0.2) is 0 Å². The van der Waals surface area contributed by atoms with Crippen LogP contribution in [-0.2, 0) is 9.47 Å². The van der Waals surface area contributed by atoms with Crippen LogP contribution in [0.3, 0.4) is 0 Å². The van der Waals surface area contributed by atoms with Crippen LogP contribution in [0.5, 0.6) is 0 Å². The second-order valence-electron chi connectivity index (χ2n) is 15.2. The van der Waals surface area contributed by atoms with Gasteiger partial charge in [0.2, 0.25) is 0 Å². The zero-order valence-electron chi connectivity index (χ0n) is 35.0. The summed E-state index contributed by atoms with van der Waals surface area (Å²) in [5.74, 6) is 1.38. The molecule has 7 heteroatoms. The highest BCUT2D eigenvalue weighted by atomic mass is 16.5. The molecule has 4 aromatic carbocycles. The molecule has 1 heterocycles. The summed E-state index contributed by atoms with van der Waals surface area (Å²) in [6.07, 6.45) is 19.6. The minimum atomic E-state index is 0.688. The molecule has 0 saturated heterocycles. The van der Waals surface area contributed by atoms with Gasteiger partial charge in [-0.2, -0.15) is 0 Å². The number of ether oxygens (including phenoxy) is 2. The third-order valence-electron chi connectivity index (χ3n) is 10.6. The zero-order chi connectivity index (χ0) is 39.9. The Labute approximate surface area is 341 Å². The Hall–Kier alpha value is -4.72. The van der Waals surface area contributed by atoms with Gasteiger partial charge in [-0.05, 0) is 96.2 Å². The van der Waals surface area contributed by atoms with E-state index in [1.165, 1.54) is 51.4 Å². The van der Waals surface area contributed by atoms with Crippen LogP contribution >= 0.6 is 0 Å². The van der Waals surface area contributed by atoms with Crippen molar-refractivity contribution in [2.75, 3.05) is 39.5 Å². The normalized spacial score (nSPS) is 13.4. The molecule has 1 aromatic heterocycles. The number of nitrogens with one attached hydrogen (secondary N) is 1. The van der Waals surface area contributed by atoms with E-state index in [4.69, 9.17) is 19.5 Å². The number of aromatic nitrogens is 1. The SMILES string of the molecule is CCCCC(CC)COCCCN=Cc1ccc(C=Nc2ccc3[nH]c4ccc(N=Cc5ccc(C=NCCCOCC(CC)CCCC)cc5)cc4c3c2)cc1. The first-order chi connectivity index (χ1) is 28.1. The molecule has 5 rings (SSSR count). The van der Waals surface area contributed by atoms with Gasteiger partial charge >= 0.3 is 0 Å².